The average Bonchev–Trinajstić information content (AvgIpc) is 2.78. The molecule has 11 heteroatoms. The van der Waals surface area contributed by atoms with Crippen LogP contribution in [0.3, 0.4) is 0 Å². The van der Waals surface area contributed by atoms with Crippen LogP contribution in [0, 0.1) is 11.8 Å². The van der Waals surface area contributed by atoms with Crippen LogP contribution >= 0.6 is 0 Å². The maximum absolute atomic E-state index is 13.5. The van der Waals surface area contributed by atoms with E-state index in [1.807, 2.05) is 0 Å². The first-order chi connectivity index (χ1) is 16.5. The molecule has 1 aromatic carbocycles. The van der Waals surface area contributed by atoms with Gasteiger partial charge in [0, 0.05) is 30.4 Å². The monoisotopic (exact) mass is 485 g/mol. The number of nitrogens with two attached hydrogens (primary N) is 1. The summed E-state index contributed by atoms with van der Waals surface area (Å²) >= 11 is 0. The third kappa shape index (κ3) is 3.81. The lowest BCUT2D eigenvalue weighted by Gasteiger charge is -2.48. The van der Waals surface area contributed by atoms with E-state index < -0.39 is 70.8 Å². The number of carbonyl (C=O) groups excluding carboxylic acids is 4. The lowest BCUT2D eigenvalue weighted by molar-refractivity contribution is -0.167. The van der Waals surface area contributed by atoms with Crippen molar-refractivity contribution in [3.8, 4) is 5.75 Å². The lowest BCUT2D eigenvalue weighted by Crippen LogP contribution is -2.62. The first-order valence-corrected chi connectivity index (χ1v) is 11.2. The Morgan fingerprint density at radius 3 is 2.60 bits per heavy atom. The molecule has 2 saturated carbocycles. The number of benzene rings is 1. The Bertz CT molecular complexity index is 1180. The van der Waals surface area contributed by atoms with Gasteiger partial charge in [0.2, 0.25) is 17.6 Å². The van der Waals surface area contributed by atoms with E-state index in [1.54, 1.807) is 6.08 Å². The molecule has 2 amide bonds. The topological polar surface area (TPSA) is 199 Å². The minimum atomic E-state index is -2.46. The van der Waals surface area contributed by atoms with Gasteiger partial charge in [0.15, 0.2) is 11.4 Å². The minimum Gasteiger partial charge on any atom is -0.507 e. The van der Waals surface area contributed by atoms with Crippen LogP contribution in [-0.2, 0) is 19.2 Å². The van der Waals surface area contributed by atoms with E-state index in [0.29, 0.717) is 6.54 Å². The van der Waals surface area contributed by atoms with Gasteiger partial charge >= 0.3 is 0 Å². The van der Waals surface area contributed by atoms with Crippen molar-refractivity contribution in [2.24, 2.45) is 17.6 Å². The van der Waals surface area contributed by atoms with Gasteiger partial charge in [-0.1, -0.05) is 12.1 Å². The van der Waals surface area contributed by atoms with E-state index in [9.17, 15) is 39.6 Å². The van der Waals surface area contributed by atoms with Crippen LogP contribution < -0.4 is 16.4 Å². The number of nitrogens with one attached hydrogen (secondary N) is 2. The minimum absolute atomic E-state index is 0.0348. The number of ketones is 2. The molecule has 0 saturated heterocycles. The standard InChI is InChI=1S/C24H27N3O8/c1-2-5-26-9-16(30)27-14-4-3-12-17(23(25)34)13-7-10-6-11(28)8-15(29)24(10,35)22(33)19(13)21(32)18(12)20(14)31/h2-4,10-11,13,17,26,28,31-32,35H,1,5-9H2,(H2,25,34)(H,27,30). The highest BCUT2D eigenvalue weighted by molar-refractivity contribution is 6.22. The SMILES string of the molecule is C=CCNCC(=O)Nc1ccc2c(c1O)C(O)=C1C(=O)C3(O)C(=O)CC(O)CC3CC1C2C(N)=O. The molecular weight excluding hydrogens is 458 g/mol. The highest BCUT2D eigenvalue weighted by atomic mass is 16.3. The van der Waals surface area contributed by atoms with E-state index in [4.69, 9.17) is 5.73 Å². The Morgan fingerprint density at radius 1 is 1.23 bits per heavy atom. The predicted octanol–water partition coefficient (Wildman–Crippen LogP) is -0.382. The average molecular weight is 485 g/mol. The first-order valence-electron chi connectivity index (χ1n) is 11.2. The number of carbonyl (C=O) groups is 4. The van der Waals surface area contributed by atoms with Crippen LogP contribution in [0.5, 0.6) is 5.75 Å². The van der Waals surface area contributed by atoms with Crippen molar-refractivity contribution in [2.45, 2.75) is 36.9 Å². The number of hydrogen-bond donors (Lipinski definition) is 7. The van der Waals surface area contributed by atoms with Crippen molar-refractivity contribution >= 4 is 34.8 Å². The summed E-state index contributed by atoms with van der Waals surface area (Å²) in [5.41, 5.74) is 2.61. The van der Waals surface area contributed by atoms with Gasteiger partial charge in [-0.15, -0.1) is 6.58 Å². The van der Waals surface area contributed by atoms with Crippen LogP contribution in [-0.4, -0.2) is 68.6 Å². The maximum atomic E-state index is 13.5. The zero-order chi connectivity index (χ0) is 25.7. The highest BCUT2D eigenvalue weighted by Gasteiger charge is 2.62. The van der Waals surface area contributed by atoms with Gasteiger partial charge in [-0.3, -0.25) is 19.2 Å². The molecule has 4 rings (SSSR count). The largest absolute Gasteiger partial charge is 0.507 e. The third-order valence-electron chi connectivity index (χ3n) is 7.09. The van der Waals surface area contributed by atoms with Crippen molar-refractivity contribution in [3.05, 3.63) is 41.5 Å². The molecule has 0 radical (unpaired) electrons. The molecule has 3 aliphatic rings. The van der Waals surface area contributed by atoms with Crippen molar-refractivity contribution in [2.75, 3.05) is 18.4 Å². The molecule has 5 unspecified atom stereocenters. The van der Waals surface area contributed by atoms with Gasteiger partial charge in [0.05, 0.1) is 29.8 Å². The number of Topliss-reactive ketones (excluding diaryl/α,β-unsaturated/α-hetero) is 2. The Labute approximate surface area is 200 Å². The van der Waals surface area contributed by atoms with Gasteiger partial charge in [-0.25, -0.2) is 0 Å². The number of phenols is 1. The first kappa shape index (κ1) is 24.6. The van der Waals surface area contributed by atoms with Crippen LogP contribution in [0.2, 0.25) is 0 Å². The molecule has 8 N–H and O–H groups in total. The van der Waals surface area contributed by atoms with E-state index in [1.165, 1.54) is 12.1 Å². The van der Waals surface area contributed by atoms with Crippen molar-refractivity contribution in [1.29, 1.82) is 0 Å². The van der Waals surface area contributed by atoms with Gasteiger partial charge in [-0.2, -0.15) is 0 Å². The summed E-state index contributed by atoms with van der Waals surface area (Å²) in [5.74, 6) is -7.69. The predicted molar refractivity (Wildman–Crippen MR) is 123 cm³/mol. The van der Waals surface area contributed by atoms with Gasteiger partial charge < -0.3 is 36.8 Å². The number of fused-ring (bicyclic) bond motifs is 3. The number of aromatic hydroxyl groups is 1. The summed E-state index contributed by atoms with van der Waals surface area (Å²) < 4.78 is 0. The Morgan fingerprint density at radius 2 is 1.94 bits per heavy atom. The summed E-state index contributed by atoms with van der Waals surface area (Å²) in [7, 11) is 0. The van der Waals surface area contributed by atoms with Crippen molar-refractivity contribution in [3.63, 3.8) is 0 Å². The summed E-state index contributed by atoms with van der Waals surface area (Å²) in [5, 5.41) is 48.5. The molecule has 11 nitrogen and oxygen atoms in total. The second kappa shape index (κ2) is 8.91. The molecule has 0 spiro atoms. The second-order valence-corrected chi connectivity index (χ2v) is 9.19. The van der Waals surface area contributed by atoms with Crippen LogP contribution in [0.25, 0.3) is 5.76 Å². The maximum Gasteiger partial charge on any atom is 0.238 e. The molecule has 3 aliphatic carbocycles. The summed E-state index contributed by atoms with van der Waals surface area (Å²) in [6, 6.07) is 2.76. The molecule has 0 aliphatic heterocycles. The van der Waals surface area contributed by atoms with Gasteiger partial charge in [0.1, 0.15) is 11.5 Å². The fourth-order valence-electron chi connectivity index (χ4n) is 5.54. The normalized spacial score (nSPS) is 29.7. The zero-order valence-corrected chi connectivity index (χ0v) is 18.8. The number of aliphatic hydroxyl groups excluding tert-OH is 2. The number of amides is 2. The Balaban J connectivity index is 1.81. The molecule has 186 valence electrons. The van der Waals surface area contributed by atoms with E-state index >= 15 is 0 Å². The lowest BCUT2D eigenvalue weighted by atomic mass is 9.56. The molecule has 2 fully saturated rings. The number of rotatable bonds is 6. The second-order valence-electron chi connectivity index (χ2n) is 9.19. The summed E-state index contributed by atoms with van der Waals surface area (Å²) in [4.78, 5) is 50.8. The van der Waals surface area contributed by atoms with Gasteiger partial charge in [-0.05, 0) is 24.5 Å². The van der Waals surface area contributed by atoms with Crippen LogP contribution in [0.1, 0.15) is 36.3 Å². The van der Waals surface area contributed by atoms with E-state index in [0.717, 1.165) is 0 Å². The van der Waals surface area contributed by atoms with Crippen molar-refractivity contribution in [1.82, 2.24) is 5.32 Å². The molecule has 5 atom stereocenters. The Hall–Kier alpha value is -3.54. The number of hydrogen-bond acceptors (Lipinski definition) is 9. The summed E-state index contributed by atoms with van der Waals surface area (Å²) in [6.07, 6.45) is -0.00215. The zero-order valence-electron chi connectivity index (χ0n) is 18.8. The van der Waals surface area contributed by atoms with Crippen LogP contribution in [0.15, 0.2) is 30.4 Å². The fourth-order valence-corrected chi connectivity index (χ4v) is 5.54. The van der Waals surface area contributed by atoms with Crippen LogP contribution in [0.4, 0.5) is 5.69 Å². The van der Waals surface area contributed by atoms with E-state index in [2.05, 4.69) is 17.2 Å². The number of aliphatic hydroxyl groups is 3. The summed E-state index contributed by atoms with van der Waals surface area (Å²) in [6.45, 7) is 3.81. The molecule has 0 heterocycles. The van der Waals surface area contributed by atoms with Gasteiger partial charge in [0.25, 0.3) is 0 Å². The fraction of sp³-hybridized carbons (Fsp3) is 0.417. The molecule has 35 heavy (non-hydrogen) atoms. The molecular formula is C24H27N3O8. The number of phenolic OH excluding ortho intramolecular Hbond substituents is 1. The van der Waals surface area contributed by atoms with E-state index in [-0.39, 0.29) is 41.8 Å². The quantitative estimate of drug-likeness (QED) is 0.121. The smallest absolute Gasteiger partial charge is 0.238 e. The molecule has 0 bridgehead atoms. The highest BCUT2D eigenvalue weighted by Crippen LogP contribution is 2.55. The molecule has 1 aromatic rings. The number of primary amides is 1. The molecule has 0 aromatic heterocycles. The van der Waals surface area contributed by atoms with Crippen molar-refractivity contribution < 1.29 is 39.6 Å². The Kier molecular flexibility index (Phi) is 6.26. The third-order valence-corrected chi connectivity index (χ3v) is 7.09. The number of anilines is 1.